The van der Waals surface area contributed by atoms with Crippen molar-refractivity contribution in [1.29, 1.82) is 0 Å². The number of carbonyl (C=O) groups excluding carboxylic acids is 1. The van der Waals surface area contributed by atoms with Crippen LogP contribution < -0.4 is 5.32 Å². The Bertz CT molecular complexity index is 546. The molecule has 1 amide bonds. The summed E-state index contributed by atoms with van der Waals surface area (Å²) in [6.07, 6.45) is -4.36. The Kier molecular flexibility index (Phi) is 6.23. The Morgan fingerprint density at radius 2 is 2.04 bits per heavy atom. The van der Waals surface area contributed by atoms with Gasteiger partial charge in [-0.15, -0.1) is 0 Å². The number of ether oxygens (including phenoxy) is 1. The molecule has 0 spiro atoms. The van der Waals surface area contributed by atoms with Gasteiger partial charge in [-0.3, -0.25) is 9.69 Å². The molecular weight excluding hydrogens is 321 g/mol. The Labute approximate surface area is 140 Å². The molecule has 1 aliphatic rings. The second kappa shape index (κ2) is 7.98. The highest BCUT2D eigenvalue weighted by molar-refractivity contribution is 5.72. The number of nitrogens with zero attached hydrogens (tertiary/aromatic N) is 1. The molecule has 1 aromatic rings. The SMILES string of the molecule is CC(=O)NC[C@@H]1CN(C[C@H](C)c2ccc(C(F)(F)F)cc2)CCO1. The molecule has 134 valence electrons. The van der Waals surface area contributed by atoms with Crippen molar-refractivity contribution in [3.05, 3.63) is 35.4 Å². The first kappa shape index (κ1) is 18.7. The van der Waals surface area contributed by atoms with Crippen molar-refractivity contribution in [2.45, 2.75) is 32.0 Å². The number of benzene rings is 1. The van der Waals surface area contributed by atoms with Crippen LogP contribution in [0.1, 0.15) is 30.9 Å². The normalized spacial score (nSPS) is 20.6. The average molecular weight is 344 g/mol. The van der Waals surface area contributed by atoms with Crippen LogP contribution in [0.3, 0.4) is 0 Å². The molecular formula is C17H23F3N2O2. The minimum absolute atomic E-state index is 0.0533. The zero-order valence-corrected chi connectivity index (χ0v) is 13.9. The largest absolute Gasteiger partial charge is 0.416 e. The summed E-state index contributed by atoms with van der Waals surface area (Å²) in [5.74, 6) is 0.0284. The third-order valence-corrected chi connectivity index (χ3v) is 4.14. The number of carbonyl (C=O) groups is 1. The lowest BCUT2D eigenvalue weighted by Gasteiger charge is -2.34. The lowest BCUT2D eigenvalue weighted by molar-refractivity contribution is -0.137. The Morgan fingerprint density at radius 3 is 2.62 bits per heavy atom. The van der Waals surface area contributed by atoms with E-state index in [1.165, 1.54) is 6.92 Å². The van der Waals surface area contributed by atoms with Crippen LogP contribution in [-0.4, -0.2) is 49.7 Å². The van der Waals surface area contributed by atoms with Gasteiger partial charge in [-0.05, 0) is 23.6 Å². The average Bonchev–Trinajstić information content (AvgIpc) is 2.52. The van der Waals surface area contributed by atoms with Crippen molar-refractivity contribution >= 4 is 5.91 Å². The predicted octanol–water partition coefficient (Wildman–Crippen LogP) is 2.65. The number of amides is 1. The Balaban J connectivity index is 1.89. The van der Waals surface area contributed by atoms with Gasteiger partial charge in [-0.25, -0.2) is 0 Å². The number of rotatable bonds is 5. The minimum atomic E-state index is -4.30. The zero-order chi connectivity index (χ0) is 17.7. The molecule has 4 nitrogen and oxygen atoms in total. The fourth-order valence-electron chi connectivity index (χ4n) is 2.82. The third kappa shape index (κ3) is 5.49. The van der Waals surface area contributed by atoms with E-state index < -0.39 is 11.7 Å². The van der Waals surface area contributed by atoms with Crippen molar-refractivity contribution in [2.75, 3.05) is 32.8 Å². The molecule has 0 aliphatic carbocycles. The van der Waals surface area contributed by atoms with E-state index in [9.17, 15) is 18.0 Å². The first-order valence-corrected chi connectivity index (χ1v) is 8.01. The fourth-order valence-corrected chi connectivity index (χ4v) is 2.82. The number of hydrogen-bond acceptors (Lipinski definition) is 3. The molecule has 24 heavy (non-hydrogen) atoms. The van der Waals surface area contributed by atoms with Crippen LogP contribution in [0.4, 0.5) is 13.2 Å². The Hall–Kier alpha value is -1.60. The molecule has 1 saturated heterocycles. The molecule has 0 bridgehead atoms. The maximum absolute atomic E-state index is 12.6. The van der Waals surface area contributed by atoms with Crippen LogP contribution >= 0.6 is 0 Å². The molecule has 1 heterocycles. The highest BCUT2D eigenvalue weighted by atomic mass is 19.4. The quantitative estimate of drug-likeness (QED) is 0.893. The van der Waals surface area contributed by atoms with Crippen molar-refractivity contribution < 1.29 is 22.7 Å². The monoisotopic (exact) mass is 344 g/mol. The van der Waals surface area contributed by atoms with Gasteiger partial charge in [-0.1, -0.05) is 19.1 Å². The van der Waals surface area contributed by atoms with Gasteiger partial charge in [0.25, 0.3) is 0 Å². The zero-order valence-electron chi connectivity index (χ0n) is 13.9. The maximum Gasteiger partial charge on any atom is 0.416 e. The summed E-state index contributed by atoms with van der Waals surface area (Å²) in [6.45, 7) is 6.75. The van der Waals surface area contributed by atoms with Gasteiger partial charge in [0, 0.05) is 33.1 Å². The maximum atomic E-state index is 12.6. The van der Waals surface area contributed by atoms with E-state index in [0.717, 1.165) is 30.8 Å². The van der Waals surface area contributed by atoms with E-state index in [-0.39, 0.29) is 17.9 Å². The summed E-state index contributed by atoms with van der Waals surface area (Å²) >= 11 is 0. The number of halogens is 3. The lowest BCUT2D eigenvalue weighted by atomic mass is 9.98. The minimum Gasteiger partial charge on any atom is -0.374 e. The number of morpholine rings is 1. The molecule has 1 fully saturated rings. The number of alkyl halides is 3. The van der Waals surface area contributed by atoms with Crippen LogP contribution in [0.15, 0.2) is 24.3 Å². The van der Waals surface area contributed by atoms with E-state index in [2.05, 4.69) is 10.2 Å². The summed E-state index contributed by atoms with van der Waals surface area (Å²) in [5, 5.41) is 2.74. The summed E-state index contributed by atoms with van der Waals surface area (Å²) in [7, 11) is 0. The van der Waals surface area contributed by atoms with Gasteiger partial charge in [0.05, 0.1) is 18.3 Å². The van der Waals surface area contributed by atoms with Crippen LogP contribution in [0.5, 0.6) is 0 Å². The van der Waals surface area contributed by atoms with Crippen LogP contribution in [0, 0.1) is 0 Å². The molecule has 2 rings (SSSR count). The third-order valence-electron chi connectivity index (χ3n) is 4.14. The fraction of sp³-hybridized carbons (Fsp3) is 0.588. The summed E-state index contributed by atoms with van der Waals surface area (Å²) in [6, 6.07) is 5.35. The molecule has 0 unspecified atom stereocenters. The number of hydrogen-bond donors (Lipinski definition) is 1. The van der Waals surface area contributed by atoms with Gasteiger partial charge in [0.1, 0.15) is 0 Å². The molecule has 2 atom stereocenters. The molecule has 0 saturated carbocycles. The van der Waals surface area contributed by atoms with E-state index in [4.69, 9.17) is 4.74 Å². The first-order valence-electron chi connectivity index (χ1n) is 8.01. The molecule has 7 heteroatoms. The van der Waals surface area contributed by atoms with Crippen molar-refractivity contribution in [2.24, 2.45) is 0 Å². The summed E-state index contributed by atoms with van der Waals surface area (Å²) in [4.78, 5) is 13.2. The molecule has 1 aliphatic heterocycles. The van der Waals surface area contributed by atoms with Crippen molar-refractivity contribution in [1.82, 2.24) is 10.2 Å². The topological polar surface area (TPSA) is 41.6 Å². The van der Waals surface area contributed by atoms with Crippen LogP contribution in [-0.2, 0) is 15.7 Å². The van der Waals surface area contributed by atoms with Crippen molar-refractivity contribution in [3.8, 4) is 0 Å². The van der Waals surface area contributed by atoms with E-state index >= 15 is 0 Å². The highest BCUT2D eigenvalue weighted by Gasteiger charge is 2.30. The van der Waals surface area contributed by atoms with E-state index in [0.29, 0.717) is 19.7 Å². The first-order chi connectivity index (χ1) is 11.3. The second-order valence-electron chi connectivity index (χ2n) is 6.21. The second-order valence-corrected chi connectivity index (χ2v) is 6.21. The Morgan fingerprint density at radius 1 is 1.38 bits per heavy atom. The summed E-state index contributed by atoms with van der Waals surface area (Å²) in [5.41, 5.74) is 0.257. The standard InChI is InChI=1S/C17H23F3N2O2/c1-12(14-3-5-15(6-4-14)17(18,19)20)10-22-7-8-24-16(11-22)9-21-13(2)23/h3-6,12,16H,7-11H2,1-2H3,(H,21,23)/t12-,16+/m0/s1. The van der Waals surface area contributed by atoms with Gasteiger partial charge in [0.15, 0.2) is 0 Å². The van der Waals surface area contributed by atoms with Crippen molar-refractivity contribution in [3.63, 3.8) is 0 Å². The smallest absolute Gasteiger partial charge is 0.374 e. The lowest BCUT2D eigenvalue weighted by Crippen LogP contribution is -2.48. The van der Waals surface area contributed by atoms with Gasteiger partial charge in [-0.2, -0.15) is 13.2 Å². The highest BCUT2D eigenvalue weighted by Crippen LogP contribution is 2.30. The van der Waals surface area contributed by atoms with Crippen LogP contribution in [0.2, 0.25) is 0 Å². The molecule has 1 N–H and O–H groups in total. The van der Waals surface area contributed by atoms with Gasteiger partial charge in [0.2, 0.25) is 5.91 Å². The molecule has 1 aromatic carbocycles. The number of nitrogens with one attached hydrogen (secondary N) is 1. The molecule has 0 radical (unpaired) electrons. The van der Waals surface area contributed by atoms with Crippen LogP contribution in [0.25, 0.3) is 0 Å². The molecule has 0 aromatic heterocycles. The summed E-state index contributed by atoms with van der Waals surface area (Å²) < 4.78 is 43.5. The van der Waals surface area contributed by atoms with Gasteiger partial charge >= 0.3 is 6.18 Å². The van der Waals surface area contributed by atoms with E-state index in [1.807, 2.05) is 6.92 Å². The predicted molar refractivity (Wildman–Crippen MR) is 84.7 cm³/mol. The van der Waals surface area contributed by atoms with E-state index in [1.54, 1.807) is 12.1 Å². The van der Waals surface area contributed by atoms with Gasteiger partial charge < -0.3 is 10.1 Å².